The zero-order valence-corrected chi connectivity index (χ0v) is 12.8. The summed E-state index contributed by atoms with van der Waals surface area (Å²) in [6, 6.07) is 14.8. The third-order valence-electron chi connectivity index (χ3n) is 3.85. The van der Waals surface area contributed by atoms with Crippen molar-refractivity contribution >= 4 is 11.4 Å². The van der Waals surface area contributed by atoms with Crippen LogP contribution in [0, 0.1) is 10.1 Å². The van der Waals surface area contributed by atoms with E-state index in [-0.39, 0.29) is 10.6 Å². The van der Waals surface area contributed by atoms with Gasteiger partial charge in [0, 0.05) is 26.2 Å². The SMILES string of the molecule is O=[N+]([O-])c1cc(OCc2ccccc2)ccc1N1CCNCC1. The second kappa shape index (κ2) is 7.11. The lowest BCUT2D eigenvalue weighted by molar-refractivity contribution is -0.384. The topological polar surface area (TPSA) is 67.6 Å². The van der Waals surface area contributed by atoms with Gasteiger partial charge in [-0.2, -0.15) is 0 Å². The van der Waals surface area contributed by atoms with E-state index in [9.17, 15) is 10.1 Å². The van der Waals surface area contributed by atoms with Gasteiger partial charge in [-0.15, -0.1) is 0 Å². The Balaban J connectivity index is 1.77. The summed E-state index contributed by atoms with van der Waals surface area (Å²) >= 11 is 0. The normalized spacial score (nSPS) is 14.5. The maximum absolute atomic E-state index is 11.4. The van der Waals surface area contributed by atoms with E-state index in [1.54, 1.807) is 12.1 Å². The summed E-state index contributed by atoms with van der Waals surface area (Å²) in [6.45, 7) is 3.61. The second-order valence-electron chi connectivity index (χ2n) is 5.42. The lowest BCUT2D eigenvalue weighted by Crippen LogP contribution is -2.43. The number of hydrogen-bond acceptors (Lipinski definition) is 5. The predicted octanol–water partition coefficient (Wildman–Crippen LogP) is 2.58. The van der Waals surface area contributed by atoms with E-state index in [1.807, 2.05) is 35.2 Å². The van der Waals surface area contributed by atoms with Gasteiger partial charge in [0.05, 0.1) is 11.0 Å². The summed E-state index contributed by atoms with van der Waals surface area (Å²) in [4.78, 5) is 13.1. The molecule has 0 saturated carbocycles. The van der Waals surface area contributed by atoms with Gasteiger partial charge in [0.2, 0.25) is 0 Å². The first-order valence-electron chi connectivity index (χ1n) is 7.65. The van der Waals surface area contributed by atoms with Crippen molar-refractivity contribution in [2.45, 2.75) is 6.61 Å². The van der Waals surface area contributed by atoms with Gasteiger partial charge in [0.15, 0.2) is 0 Å². The molecule has 1 aliphatic rings. The van der Waals surface area contributed by atoms with Crippen molar-refractivity contribution in [1.82, 2.24) is 5.32 Å². The standard InChI is InChI=1S/C17H19N3O3/c21-20(22)17-12-15(23-13-14-4-2-1-3-5-14)6-7-16(17)19-10-8-18-9-11-19/h1-7,12,18H,8-11,13H2. The van der Waals surface area contributed by atoms with Crippen LogP contribution in [-0.4, -0.2) is 31.1 Å². The summed E-state index contributed by atoms with van der Waals surface area (Å²) in [5.74, 6) is 0.513. The number of hydrogen-bond donors (Lipinski definition) is 1. The Morgan fingerprint density at radius 3 is 2.57 bits per heavy atom. The van der Waals surface area contributed by atoms with Crippen LogP contribution in [0.25, 0.3) is 0 Å². The van der Waals surface area contributed by atoms with Crippen molar-refractivity contribution in [3.63, 3.8) is 0 Å². The van der Waals surface area contributed by atoms with Crippen LogP contribution in [0.2, 0.25) is 0 Å². The highest BCUT2D eigenvalue weighted by molar-refractivity contribution is 5.65. The first-order valence-corrected chi connectivity index (χ1v) is 7.65. The second-order valence-corrected chi connectivity index (χ2v) is 5.42. The molecule has 23 heavy (non-hydrogen) atoms. The number of ether oxygens (including phenoxy) is 1. The van der Waals surface area contributed by atoms with Crippen LogP contribution in [0.4, 0.5) is 11.4 Å². The van der Waals surface area contributed by atoms with E-state index < -0.39 is 0 Å². The number of nitro benzene ring substituents is 1. The predicted molar refractivity (Wildman–Crippen MR) is 89.0 cm³/mol. The van der Waals surface area contributed by atoms with E-state index in [4.69, 9.17) is 4.74 Å². The quantitative estimate of drug-likeness (QED) is 0.679. The molecule has 0 bridgehead atoms. The molecule has 1 saturated heterocycles. The van der Waals surface area contributed by atoms with Gasteiger partial charge in [0.25, 0.3) is 5.69 Å². The monoisotopic (exact) mass is 313 g/mol. The van der Waals surface area contributed by atoms with Gasteiger partial charge >= 0.3 is 0 Å². The van der Waals surface area contributed by atoms with E-state index in [0.717, 1.165) is 31.7 Å². The van der Waals surface area contributed by atoms with Crippen LogP contribution in [0.3, 0.4) is 0 Å². The molecule has 1 heterocycles. The van der Waals surface area contributed by atoms with Crippen LogP contribution in [-0.2, 0) is 6.61 Å². The van der Waals surface area contributed by atoms with E-state index in [1.165, 1.54) is 6.07 Å². The largest absolute Gasteiger partial charge is 0.489 e. The minimum Gasteiger partial charge on any atom is -0.489 e. The summed E-state index contributed by atoms with van der Waals surface area (Å²) in [7, 11) is 0. The number of piperazine rings is 1. The lowest BCUT2D eigenvalue weighted by atomic mass is 10.2. The van der Waals surface area contributed by atoms with Gasteiger partial charge in [-0.1, -0.05) is 30.3 Å². The van der Waals surface area contributed by atoms with Gasteiger partial charge < -0.3 is 15.0 Å². The number of nitrogens with zero attached hydrogens (tertiary/aromatic N) is 2. The molecular formula is C17H19N3O3. The zero-order chi connectivity index (χ0) is 16.1. The zero-order valence-electron chi connectivity index (χ0n) is 12.8. The van der Waals surface area contributed by atoms with Crippen molar-refractivity contribution in [1.29, 1.82) is 0 Å². The van der Waals surface area contributed by atoms with Gasteiger partial charge in [-0.05, 0) is 17.7 Å². The molecule has 2 aromatic carbocycles. The van der Waals surface area contributed by atoms with E-state index in [0.29, 0.717) is 18.0 Å². The van der Waals surface area contributed by atoms with Crippen LogP contribution in [0.5, 0.6) is 5.75 Å². The molecule has 1 aliphatic heterocycles. The first-order chi connectivity index (χ1) is 11.2. The average molecular weight is 313 g/mol. The minimum absolute atomic E-state index is 0.0949. The summed E-state index contributed by atoms with van der Waals surface area (Å²) < 4.78 is 5.69. The minimum atomic E-state index is -0.341. The Morgan fingerprint density at radius 1 is 1.13 bits per heavy atom. The Hall–Kier alpha value is -2.60. The number of nitro groups is 1. The molecule has 1 fully saturated rings. The molecule has 3 rings (SSSR count). The van der Waals surface area contributed by atoms with Crippen molar-refractivity contribution < 1.29 is 9.66 Å². The fraction of sp³-hybridized carbons (Fsp3) is 0.294. The van der Waals surface area contributed by atoms with Gasteiger partial charge in [-0.3, -0.25) is 10.1 Å². The van der Waals surface area contributed by atoms with Crippen LogP contribution in [0.15, 0.2) is 48.5 Å². The van der Waals surface area contributed by atoms with Crippen LogP contribution >= 0.6 is 0 Å². The Kier molecular flexibility index (Phi) is 4.73. The molecule has 120 valence electrons. The third kappa shape index (κ3) is 3.78. The van der Waals surface area contributed by atoms with Gasteiger partial charge in [-0.25, -0.2) is 0 Å². The van der Waals surface area contributed by atoms with Crippen LogP contribution in [0.1, 0.15) is 5.56 Å². The van der Waals surface area contributed by atoms with E-state index in [2.05, 4.69) is 5.32 Å². The Labute approximate surface area is 134 Å². The lowest BCUT2D eigenvalue weighted by Gasteiger charge is -2.29. The van der Waals surface area contributed by atoms with Crippen molar-refractivity contribution in [3.8, 4) is 5.75 Å². The Bertz CT molecular complexity index is 670. The molecule has 2 aromatic rings. The maximum atomic E-state index is 11.4. The molecule has 6 heteroatoms. The molecule has 0 atom stereocenters. The van der Waals surface area contributed by atoms with Gasteiger partial charge in [0.1, 0.15) is 18.0 Å². The molecule has 0 amide bonds. The fourth-order valence-corrected chi connectivity index (χ4v) is 2.65. The number of benzene rings is 2. The highest BCUT2D eigenvalue weighted by Gasteiger charge is 2.21. The molecule has 0 radical (unpaired) electrons. The third-order valence-corrected chi connectivity index (χ3v) is 3.85. The van der Waals surface area contributed by atoms with Crippen LogP contribution < -0.4 is 15.0 Å². The van der Waals surface area contributed by atoms with Crippen molar-refractivity contribution in [2.24, 2.45) is 0 Å². The highest BCUT2D eigenvalue weighted by atomic mass is 16.6. The highest BCUT2D eigenvalue weighted by Crippen LogP contribution is 2.32. The summed E-state index contributed by atoms with van der Waals surface area (Å²) in [5.41, 5.74) is 1.78. The molecule has 6 nitrogen and oxygen atoms in total. The summed E-state index contributed by atoms with van der Waals surface area (Å²) in [5, 5.41) is 14.6. The fourth-order valence-electron chi connectivity index (χ4n) is 2.65. The molecule has 1 N–H and O–H groups in total. The average Bonchev–Trinajstić information content (AvgIpc) is 2.61. The molecule has 0 spiro atoms. The molecule has 0 aromatic heterocycles. The Morgan fingerprint density at radius 2 is 1.87 bits per heavy atom. The molecular weight excluding hydrogens is 294 g/mol. The first kappa shape index (κ1) is 15.3. The molecule has 0 aliphatic carbocycles. The number of nitrogens with one attached hydrogen (secondary N) is 1. The van der Waals surface area contributed by atoms with Crippen molar-refractivity contribution in [2.75, 3.05) is 31.1 Å². The number of rotatable bonds is 5. The summed E-state index contributed by atoms with van der Waals surface area (Å²) in [6.07, 6.45) is 0. The van der Waals surface area contributed by atoms with Crippen molar-refractivity contribution in [3.05, 3.63) is 64.2 Å². The van der Waals surface area contributed by atoms with E-state index >= 15 is 0 Å². The smallest absolute Gasteiger partial charge is 0.296 e. The molecule has 0 unspecified atom stereocenters. The maximum Gasteiger partial charge on any atom is 0.296 e. The number of anilines is 1.